The van der Waals surface area contributed by atoms with Crippen LogP contribution >= 0.6 is 0 Å². The van der Waals surface area contributed by atoms with E-state index in [1.165, 1.54) is 0 Å². The highest BCUT2D eigenvalue weighted by Gasteiger charge is 2.09. The third kappa shape index (κ3) is 3.02. The number of rotatable bonds is 4. The van der Waals surface area contributed by atoms with Crippen molar-refractivity contribution in [1.82, 2.24) is 25.1 Å². The van der Waals surface area contributed by atoms with E-state index in [2.05, 4.69) is 33.6 Å². The third-order valence-corrected chi connectivity index (χ3v) is 4.12. The minimum Gasteiger partial charge on any atom is -0.314 e. The van der Waals surface area contributed by atoms with Crippen LogP contribution in [0.1, 0.15) is 11.4 Å². The van der Waals surface area contributed by atoms with Gasteiger partial charge in [-0.1, -0.05) is 24.3 Å². The average Bonchev–Trinajstić information content (AvgIpc) is 3.05. The molecule has 0 aliphatic heterocycles. The van der Waals surface area contributed by atoms with Gasteiger partial charge in [0.25, 0.3) is 0 Å². The van der Waals surface area contributed by atoms with E-state index in [1.54, 1.807) is 0 Å². The molecule has 5 heteroatoms. The lowest BCUT2D eigenvalue weighted by Crippen LogP contribution is -2.07. The van der Waals surface area contributed by atoms with Gasteiger partial charge in [-0.3, -0.25) is 4.98 Å². The first-order valence-corrected chi connectivity index (χ1v) is 8.27. The van der Waals surface area contributed by atoms with Gasteiger partial charge >= 0.3 is 0 Å². The standard InChI is InChI=1S/C20H19N5/c1-14-5-3-8-20(23-14)25-19-11-15(9-10-16(19)12-22-25)18-7-4-6-17(24-18)13-21-2/h3-12,21H,13H2,1-2H3. The van der Waals surface area contributed by atoms with Crippen LogP contribution in [0.2, 0.25) is 0 Å². The quantitative estimate of drug-likeness (QED) is 0.622. The zero-order valence-corrected chi connectivity index (χ0v) is 14.3. The predicted molar refractivity (Wildman–Crippen MR) is 99.6 cm³/mol. The lowest BCUT2D eigenvalue weighted by Gasteiger charge is -2.07. The molecule has 0 spiro atoms. The highest BCUT2D eigenvalue weighted by molar-refractivity contribution is 5.84. The first kappa shape index (κ1) is 15.5. The van der Waals surface area contributed by atoms with Crippen molar-refractivity contribution in [3.8, 4) is 17.1 Å². The molecule has 0 fully saturated rings. The summed E-state index contributed by atoms with van der Waals surface area (Å²) in [6.07, 6.45) is 1.87. The molecule has 0 aliphatic carbocycles. The topological polar surface area (TPSA) is 55.6 Å². The van der Waals surface area contributed by atoms with Crippen molar-refractivity contribution < 1.29 is 0 Å². The van der Waals surface area contributed by atoms with Gasteiger partial charge in [-0.2, -0.15) is 5.10 Å². The number of fused-ring (bicyclic) bond motifs is 1. The van der Waals surface area contributed by atoms with Gasteiger partial charge in [-0.05, 0) is 44.3 Å². The second kappa shape index (κ2) is 6.45. The smallest absolute Gasteiger partial charge is 0.154 e. The van der Waals surface area contributed by atoms with E-state index in [1.807, 2.05) is 61.2 Å². The van der Waals surface area contributed by atoms with Crippen LogP contribution in [0, 0.1) is 6.92 Å². The summed E-state index contributed by atoms with van der Waals surface area (Å²) < 4.78 is 1.88. The number of nitrogens with zero attached hydrogens (tertiary/aromatic N) is 4. The second-order valence-corrected chi connectivity index (χ2v) is 6.01. The summed E-state index contributed by atoms with van der Waals surface area (Å²) in [5, 5.41) is 8.73. The molecule has 3 heterocycles. The van der Waals surface area contributed by atoms with Crippen molar-refractivity contribution >= 4 is 10.9 Å². The molecule has 4 aromatic rings. The molecule has 0 radical (unpaired) electrons. The summed E-state index contributed by atoms with van der Waals surface area (Å²) in [4.78, 5) is 9.32. The largest absolute Gasteiger partial charge is 0.314 e. The molecule has 0 unspecified atom stereocenters. The fraction of sp³-hybridized carbons (Fsp3) is 0.150. The van der Waals surface area contributed by atoms with Crippen molar-refractivity contribution in [2.75, 3.05) is 7.05 Å². The van der Waals surface area contributed by atoms with Crippen LogP contribution in [-0.4, -0.2) is 26.8 Å². The van der Waals surface area contributed by atoms with Crippen LogP contribution in [0.15, 0.2) is 60.8 Å². The Kier molecular flexibility index (Phi) is 3.99. The molecule has 0 saturated carbocycles. The molecular formula is C20H19N5. The SMILES string of the molecule is CNCc1cccc(-c2ccc3cnn(-c4cccc(C)n4)c3c2)n1. The van der Waals surface area contributed by atoms with Gasteiger partial charge in [0.2, 0.25) is 0 Å². The second-order valence-electron chi connectivity index (χ2n) is 6.01. The first-order chi connectivity index (χ1) is 12.2. The van der Waals surface area contributed by atoms with E-state index in [-0.39, 0.29) is 0 Å². The summed E-state index contributed by atoms with van der Waals surface area (Å²) in [5.74, 6) is 0.823. The van der Waals surface area contributed by atoms with Gasteiger partial charge in [0, 0.05) is 23.2 Å². The zero-order valence-electron chi connectivity index (χ0n) is 14.3. The molecule has 0 saturated heterocycles. The van der Waals surface area contributed by atoms with E-state index in [9.17, 15) is 0 Å². The van der Waals surface area contributed by atoms with Crippen LogP contribution in [-0.2, 0) is 6.54 Å². The van der Waals surface area contributed by atoms with Crippen LogP contribution in [0.3, 0.4) is 0 Å². The highest BCUT2D eigenvalue weighted by Crippen LogP contribution is 2.24. The number of benzene rings is 1. The van der Waals surface area contributed by atoms with Crippen LogP contribution in [0.25, 0.3) is 28.0 Å². The summed E-state index contributed by atoms with van der Waals surface area (Å²) in [6.45, 7) is 2.74. The van der Waals surface area contributed by atoms with Crippen LogP contribution in [0.4, 0.5) is 0 Å². The molecule has 124 valence electrons. The number of aromatic nitrogens is 4. The zero-order chi connectivity index (χ0) is 17.2. The molecular weight excluding hydrogens is 310 g/mol. The van der Waals surface area contributed by atoms with Gasteiger partial charge < -0.3 is 5.32 Å². The van der Waals surface area contributed by atoms with Gasteiger partial charge in [0.15, 0.2) is 5.82 Å². The lowest BCUT2D eigenvalue weighted by atomic mass is 10.1. The Morgan fingerprint density at radius 2 is 1.88 bits per heavy atom. The number of pyridine rings is 2. The average molecular weight is 329 g/mol. The molecule has 5 nitrogen and oxygen atoms in total. The minimum absolute atomic E-state index is 0.751. The van der Waals surface area contributed by atoms with E-state index >= 15 is 0 Å². The lowest BCUT2D eigenvalue weighted by molar-refractivity contribution is 0.792. The maximum Gasteiger partial charge on any atom is 0.154 e. The molecule has 1 N–H and O–H groups in total. The normalized spacial score (nSPS) is 11.1. The Morgan fingerprint density at radius 3 is 2.72 bits per heavy atom. The van der Waals surface area contributed by atoms with Crippen molar-refractivity contribution in [3.05, 3.63) is 72.2 Å². The molecule has 1 aromatic carbocycles. The molecule has 3 aromatic heterocycles. The van der Waals surface area contributed by atoms with Crippen molar-refractivity contribution in [2.24, 2.45) is 0 Å². The Balaban J connectivity index is 1.82. The highest BCUT2D eigenvalue weighted by atomic mass is 15.3. The number of aryl methyl sites for hydroxylation is 1. The first-order valence-electron chi connectivity index (χ1n) is 8.27. The van der Waals surface area contributed by atoms with E-state index in [4.69, 9.17) is 4.98 Å². The van der Waals surface area contributed by atoms with E-state index in [0.29, 0.717) is 0 Å². The summed E-state index contributed by atoms with van der Waals surface area (Å²) in [6, 6.07) is 18.3. The van der Waals surface area contributed by atoms with Crippen molar-refractivity contribution in [1.29, 1.82) is 0 Å². The minimum atomic E-state index is 0.751. The molecule has 0 bridgehead atoms. The van der Waals surface area contributed by atoms with E-state index in [0.717, 1.165) is 45.9 Å². The molecule has 25 heavy (non-hydrogen) atoms. The van der Waals surface area contributed by atoms with Gasteiger partial charge in [-0.15, -0.1) is 0 Å². The maximum absolute atomic E-state index is 4.73. The third-order valence-electron chi connectivity index (χ3n) is 4.12. The van der Waals surface area contributed by atoms with Gasteiger partial charge in [-0.25, -0.2) is 9.67 Å². The molecule has 4 rings (SSSR count). The Hall–Kier alpha value is -3.05. The summed E-state index contributed by atoms with van der Waals surface area (Å²) in [7, 11) is 1.92. The fourth-order valence-electron chi connectivity index (χ4n) is 2.93. The molecule has 0 aliphatic rings. The Bertz CT molecular complexity index is 1040. The number of nitrogens with one attached hydrogen (secondary N) is 1. The van der Waals surface area contributed by atoms with Gasteiger partial charge in [0.05, 0.1) is 23.1 Å². The van der Waals surface area contributed by atoms with Crippen molar-refractivity contribution in [2.45, 2.75) is 13.5 Å². The molecule has 0 amide bonds. The Labute approximate surface area is 146 Å². The monoisotopic (exact) mass is 329 g/mol. The number of hydrogen-bond acceptors (Lipinski definition) is 4. The summed E-state index contributed by atoms with van der Waals surface area (Å²) >= 11 is 0. The molecule has 0 atom stereocenters. The van der Waals surface area contributed by atoms with Gasteiger partial charge in [0.1, 0.15) is 0 Å². The van der Waals surface area contributed by atoms with Crippen LogP contribution in [0.5, 0.6) is 0 Å². The maximum atomic E-state index is 4.73. The van der Waals surface area contributed by atoms with Crippen molar-refractivity contribution in [3.63, 3.8) is 0 Å². The number of hydrogen-bond donors (Lipinski definition) is 1. The van der Waals surface area contributed by atoms with E-state index < -0.39 is 0 Å². The summed E-state index contributed by atoms with van der Waals surface area (Å²) in [5.41, 5.74) is 5.04. The fourth-order valence-corrected chi connectivity index (χ4v) is 2.93. The predicted octanol–water partition coefficient (Wildman–Crippen LogP) is 3.51. The Morgan fingerprint density at radius 1 is 1.00 bits per heavy atom. The van der Waals surface area contributed by atoms with Crippen LogP contribution < -0.4 is 5.32 Å².